The van der Waals surface area contributed by atoms with Gasteiger partial charge in [-0.05, 0) is 53.6 Å². The Morgan fingerprint density at radius 2 is 1.61 bits per heavy atom. The first-order valence-electron chi connectivity index (χ1n) is 11.7. The van der Waals surface area contributed by atoms with Gasteiger partial charge in [0.25, 0.3) is 5.79 Å². The Labute approximate surface area is 223 Å². The monoisotopic (exact) mass is 534 g/mol. The zero-order valence-corrected chi connectivity index (χ0v) is 22.1. The summed E-state index contributed by atoms with van der Waals surface area (Å²) < 4.78 is 36.2. The van der Waals surface area contributed by atoms with Crippen molar-refractivity contribution in [3.63, 3.8) is 0 Å². The van der Waals surface area contributed by atoms with E-state index in [-0.39, 0.29) is 12.8 Å². The number of nitrogens with zero attached hydrogens (tertiary/aromatic N) is 2. The summed E-state index contributed by atoms with van der Waals surface area (Å²) in [4.78, 5) is 13.3. The van der Waals surface area contributed by atoms with Crippen LogP contribution in [0.5, 0.6) is 23.0 Å². The number of ether oxygens (including phenoxy) is 5. The van der Waals surface area contributed by atoms with Crippen LogP contribution in [0, 0.1) is 0 Å². The van der Waals surface area contributed by atoms with Crippen molar-refractivity contribution in [3.8, 4) is 23.0 Å². The first-order valence-corrected chi connectivity index (χ1v) is 12.5. The molecule has 1 aliphatic heterocycles. The summed E-state index contributed by atoms with van der Waals surface area (Å²) in [6.07, 6.45) is 0.380. The molecule has 0 saturated heterocycles. The summed E-state index contributed by atoms with van der Waals surface area (Å²) in [7, 11) is 6.15. The third-order valence-electron chi connectivity index (χ3n) is 6.58. The number of methoxy groups -OCH3 is 4. The van der Waals surface area contributed by atoms with Crippen LogP contribution in [0.15, 0.2) is 65.7 Å². The van der Waals surface area contributed by atoms with E-state index in [9.17, 15) is 9.90 Å². The van der Waals surface area contributed by atoms with Crippen molar-refractivity contribution in [2.75, 3.05) is 28.4 Å². The predicted molar refractivity (Wildman–Crippen MR) is 141 cm³/mol. The molecule has 0 aliphatic carbocycles. The van der Waals surface area contributed by atoms with E-state index in [1.54, 1.807) is 43.5 Å². The van der Waals surface area contributed by atoms with E-state index in [1.165, 1.54) is 21.3 Å². The Hall–Kier alpha value is -4.15. The number of cyclic esters (lactones) is 1. The van der Waals surface area contributed by atoms with Crippen LogP contribution in [0.2, 0.25) is 0 Å². The Bertz CT molecular complexity index is 1500. The molecule has 9 nitrogen and oxygen atoms in total. The highest BCUT2D eigenvalue weighted by Crippen LogP contribution is 2.45. The van der Waals surface area contributed by atoms with Crippen LogP contribution < -0.4 is 18.9 Å². The Balaban J connectivity index is 1.66. The maximum absolute atomic E-state index is 13.3. The van der Waals surface area contributed by atoms with Crippen molar-refractivity contribution in [3.05, 3.63) is 82.4 Å². The number of benzene rings is 3. The van der Waals surface area contributed by atoms with Gasteiger partial charge >= 0.3 is 5.97 Å². The Morgan fingerprint density at radius 1 is 0.895 bits per heavy atom. The van der Waals surface area contributed by atoms with Gasteiger partial charge in [0.05, 0.1) is 40.2 Å². The first-order chi connectivity index (χ1) is 18.4. The lowest BCUT2D eigenvalue weighted by molar-refractivity contribution is -0.186. The topological polar surface area (TPSA) is 109 Å². The molecule has 0 bridgehead atoms. The number of carbonyl (C=O) groups excluding carboxylic acids is 1. The molecule has 0 radical (unpaired) electrons. The van der Waals surface area contributed by atoms with Crippen LogP contribution >= 0.6 is 11.7 Å². The molecule has 4 aromatic rings. The molecule has 1 N–H and O–H groups in total. The lowest BCUT2D eigenvalue weighted by atomic mass is 9.88. The van der Waals surface area contributed by atoms with Gasteiger partial charge in [-0.2, -0.15) is 8.75 Å². The van der Waals surface area contributed by atoms with Gasteiger partial charge in [-0.25, -0.2) is 4.79 Å². The van der Waals surface area contributed by atoms with Crippen molar-refractivity contribution in [2.24, 2.45) is 0 Å². The quantitative estimate of drug-likeness (QED) is 0.316. The van der Waals surface area contributed by atoms with Crippen LogP contribution in [-0.2, 0) is 28.2 Å². The molecule has 0 fully saturated rings. The molecule has 196 valence electrons. The van der Waals surface area contributed by atoms with Crippen LogP contribution in [0.1, 0.15) is 16.7 Å². The predicted octanol–water partition coefficient (Wildman–Crippen LogP) is 4.21. The van der Waals surface area contributed by atoms with Crippen molar-refractivity contribution >= 4 is 28.7 Å². The zero-order valence-electron chi connectivity index (χ0n) is 21.3. The average Bonchev–Trinajstić information content (AvgIpc) is 3.52. The number of hydrogen-bond acceptors (Lipinski definition) is 10. The fraction of sp³-hybridized carbons (Fsp3) is 0.250. The van der Waals surface area contributed by atoms with E-state index in [0.717, 1.165) is 28.4 Å². The first kappa shape index (κ1) is 25.5. The van der Waals surface area contributed by atoms with E-state index in [1.807, 2.05) is 18.2 Å². The van der Waals surface area contributed by atoms with Gasteiger partial charge in [-0.15, -0.1) is 0 Å². The number of fused-ring (bicyclic) bond motifs is 1. The lowest BCUT2D eigenvalue weighted by Crippen LogP contribution is -2.29. The maximum Gasteiger partial charge on any atom is 0.337 e. The molecular formula is C28H26N2O7S. The Kier molecular flexibility index (Phi) is 6.92. The molecule has 3 aromatic carbocycles. The molecule has 1 aliphatic rings. The van der Waals surface area contributed by atoms with Crippen molar-refractivity contribution in [1.82, 2.24) is 8.75 Å². The third-order valence-corrected chi connectivity index (χ3v) is 7.13. The minimum Gasteiger partial charge on any atom is -0.497 e. The number of esters is 1. The zero-order chi connectivity index (χ0) is 26.9. The molecular weight excluding hydrogens is 508 g/mol. The second-order valence-corrected chi connectivity index (χ2v) is 9.18. The maximum atomic E-state index is 13.3. The fourth-order valence-electron chi connectivity index (χ4n) is 4.68. The Morgan fingerprint density at radius 3 is 2.24 bits per heavy atom. The van der Waals surface area contributed by atoms with Gasteiger partial charge in [0.15, 0.2) is 11.5 Å². The van der Waals surface area contributed by atoms with E-state index >= 15 is 0 Å². The van der Waals surface area contributed by atoms with Gasteiger partial charge in [0.1, 0.15) is 16.8 Å². The van der Waals surface area contributed by atoms with Crippen LogP contribution in [0.4, 0.5) is 0 Å². The van der Waals surface area contributed by atoms with E-state index in [2.05, 4.69) is 8.75 Å². The van der Waals surface area contributed by atoms with E-state index in [0.29, 0.717) is 45.2 Å². The number of hydrogen-bond donors (Lipinski definition) is 1. The summed E-state index contributed by atoms with van der Waals surface area (Å²) in [6.45, 7) is 0. The molecule has 0 amide bonds. The summed E-state index contributed by atoms with van der Waals surface area (Å²) >= 11 is 1.11. The number of aromatic nitrogens is 2. The summed E-state index contributed by atoms with van der Waals surface area (Å²) in [5.74, 6) is -0.625. The lowest BCUT2D eigenvalue weighted by Gasteiger charge is -2.26. The highest BCUT2D eigenvalue weighted by molar-refractivity contribution is 7.00. The SMILES string of the molecule is COc1ccc(C2(O)OC(=O)C(Cc3cccc4nsnc34)=C2Cc2cc(OC)c(OC)c(OC)c2)cc1. The van der Waals surface area contributed by atoms with Crippen molar-refractivity contribution in [2.45, 2.75) is 18.6 Å². The molecule has 5 rings (SSSR count). The molecule has 1 atom stereocenters. The molecule has 1 aromatic heterocycles. The molecule has 10 heteroatoms. The molecule has 1 unspecified atom stereocenters. The molecule has 0 saturated carbocycles. The summed E-state index contributed by atoms with van der Waals surface area (Å²) in [5, 5.41) is 11.9. The summed E-state index contributed by atoms with van der Waals surface area (Å²) in [5.41, 5.74) is 4.15. The number of aliphatic hydroxyl groups is 1. The van der Waals surface area contributed by atoms with Gasteiger partial charge < -0.3 is 28.8 Å². The van der Waals surface area contributed by atoms with Gasteiger partial charge in [0, 0.05) is 29.6 Å². The van der Waals surface area contributed by atoms with Gasteiger partial charge in [-0.1, -0.05) is 12.1 Å². The largest absolute Gasteiger partial charge is 0.497 e. The van der Waals surface area contributed by atoms with Crippen molar-refractivity contribution in [1.29, 1.82) is 0 Å². The highest BCUT2D eigenvalue weighted by atomic mass is 32.1. The normalized spacial score (nSPS) is 17.0. The average molecular weight is 535 g/mol. The van der Waals surface area contributed by atoms with Gasteiger partial charge in [0.2, 0.25) is 5.75 Å². The highest BCUT2D eigenvalue weighted by Gasteiger charge is 2.47. The molecule has 0 spiro atoms. The second-order valence-electron chi connectivity index (χ2n) is 8.66. The fourth-order valence-corrected chi connectivity index (χ4v) is 5.25. The standard InChI is InChI=1S/C28H26N2O7S/c1-33-19-10-8-18(9-11-19)28(32)21(12-16-13-23(34-2)26(36-4)24(14-16)35-3)20(27(31)37-28)15-17-6-5-7-22-25(17)30-38-29-22/h5-11,13-14,32H,12,15H2,1-4H3. The number of carbonyl (C=O) groups is 1. The minimum atomic E-state index is -1.99. The van der Waals surface area contributed by atoms with Crippen LogP contribution in [-0.4, -0.2) is 48.3 Å². The van der Waals surface area contributed by atoms with E-state index < -0.39 is 11.8 Å². The second kappa shape index (κ2) is 10.3. The molecule has 38 heavy (non-hydrogen) atoms. The molecule has 2 heterocycles. The van der Waals surface area contributed by atoms with E-state index in [4.69, 9.17) is 23.7 Å². The van der Waals surface area contributed by atoms with Crippen LogP contribution in [0.25, 0.3) is 11.0 Å². The van der Waals surface area contributed by atoms with Crippen LogP contribution in [0.3, 0.4) is 0 Å². The summed E-state index contributed by atoms with van der Waals surface area (Å²) in [6, 6.07) is 16.0. The minimum absolute atomic E-state index is 0.172. The third kappa shape index (κ3) is 4.42. The van der Waals surface area contributed by atoms with Crippen molar-refractivity contribution < 1.29 is 33.6 Å². The number of rotatable bonds is 9. The van der Waals surface area contributed by atoms with Gasteiger partial charge in [-0.3, -0.25) is 0 Å². The smallest absolute Gasteiger partial charge is 0.337 e.